The fraction of sp³-hybridized carbons (Fsp3) is 0.481. The quantitative estimate of drug-likeness (QED) is 0.493. The first-order valence-corrected chi connectivity index (χ1v) is 13.0. The van der Waals surface area contributed by atoms with Crippen LogP contribution in [0.5, 0.6) is 0 Å². The van der Waals surface area contributed by atoms with Gasteiger partial charge in [-0.25, -0.2) is 4.79 Å². The van der Waals surface area contributed by atoms with Crippen molar-refractivity contribution in [1.82, 2.24) is 10.2 Å². The van der Waals surface area contributed by atoms with Gasteiger partial charge in [-0.2, -0.15) is 0 Å². The number of nitrogens with one attached hydrogen (secondary N) is 1. The van der Waals surface area contributed by atoms with Gasteiger partial charge in [0.25, 0.3) is 5.69 Å². The second-order valence-corrected chi connectivity index (χ2v) is 11.0. The molecule has 4 saturated heterocycles. The summed E-state index contributed by atoms with van der Waals surface area (Å²) in [7, 11) is 0. The molecule has 10 nitrogen and oxygen atoms in total. The number of urea groups is 1. The molecule has 4 aliphatic rings. The largest absolute Gasteiger partial charge is 0.371 e. The summed E-state index contributed by atoms with van der Waals surface area (Å²) in [6.07, 6.45) is 2.56. The van der Waals surface area contributed by atoms with Crippen LogP contribution < -0.4 is 20.0 Å². The first-order valence-electron chi connectivity index (χ1n) is 13.0. The molecule has 3 amide bonds. The van der Waals surface area contributed by atoms with E-state index in [-0.39, 0.29) is 22.5 Å². The van der Waals surface area contributed by atoms with Crippen molar-refractivity contribution in [3.05, 3.63) is 58.1 Å². The predicted molar refractivity (Wildman–Crippen MR) is 141 cm³/mol. The lowest BCUT2D eigenvalue weighted by Crippen LogP contribution is -2.74. The van der Waals surface area contributed by atoms with Gasteiger partial charge in [-0.1, -0.05) is 0 Å². The van der Waals surface area contributed by atoms with E-state index in [4.69, 9.17) is 0 Å². The number of carbonyl (C=O) groups is 2. The number of non-ortho nitro benzene ring substituents is 1. The number of aryl methyl sites for hydroxylation is 1. The van der Waals surface area contributed by atoms with E-state index >= 15 is 0 Å². The summed E-state index contributed by atoms with van der Waals surface area (Å²) in [6, 6.07) is 13.4. The summed E-state index contributed by atoms with van der Waals surface area (Å²) < 4.78 is 0. The number of anilines is 3. The summed E-state index contributed by atoms with van der Waals surface area (Å²) in [5, 5.41) is 13.3. The summed E-state index contributed by atoms with van der Waals surface area (Å²) in [5.74, 6) is -0.217. The molecule has 0 radical (unpaired) electrons. The number of piperidine rings is 1. The number of benzene rings is 2. The van der Waals surface area contributed by atoms with Gasteiger partial charge in [-0.3, -0.25) is 30.0 Å². The number of imide groups is 1. The average molecular weight is 505 g/mol. The van der Waals surface area contributed by atoms with Crippen LogP contribution in [0, 0.1) is 22.5 Å². The van der Waals surface area contributed by atoms with Gasteiger partial charge in [-0.05, 0) is 55.7 Å². The first kappa shape index (κ1) is 23.7. The van der Waals surface area contributed by atoms with Crippen molar-refractivity contribution in [3.8, 4) is 0 Å². The Morgan fingerprint density at radius 3 is 2.22 bits per heavy atom. The van der Waals surface area contributed by atoms with Crippen LogP contribution in [0.15, 0.2) is 42.5 Å². The Morgan fingerprint density at radius 1 is 0.919 bits per heavy atom. The van der Waals surface area contributed by atoms with E-state index in [1.54, 1.807) is 17.0 Å². The number of hydrogen-bond acceptors (Lipinski definition) is 7. The van der Waals surface area contributed by atoms with E-state index in [0.717, 1.165) is 69.0 Å². The Hall–Kier alpha value is -3.66. The number of nitro benzene ring substituents is 1. The SMILES string of the molecule is Cc1cc(N2CC3(C2)CN(C2CCN(c4ccc([N+](=O)[O-])cc4)CC2)C3)ccc1N1CCC(=O)NC1=O. The zero-order valence-electron chi connectivity index (χ0n) is 21.1. The number of nitrogens with zero attached hydrogens (tertiary/aromatic N) is 5. The molecule has 4 heterocycles. The van der Waals surface area contributed by atoms with Crippen LogP contribution in [-0.4, -0.2) is 73.6 Å². The minimum absolute atomic E-state index is 0.136. The molecule has 0 atom stereocenters. The van der Waals surface area contributed by atoms with Crippen molar-refractivity contribution >= 4 is 34.7 Å². The topological polar surface area (TPSA) is 102 Å². The highest BCUT2D eigenvalue weighted by Gasteiger charge is 2.53. The summed E-state index contributed by atoms with van der Waals surface area (Å²) in [5.41, 5.74) is 4.67. The fourth-order valence-corrected chi connectivity index (χ4v) is 6.43. The summed E-state index contributed by atoms with van der Waals surface area (Å²) >= 11 is 0. The molecule has 2 aromatic rings. The van der Waals surface area contributed by atoms with Crippen LogP contribution >= 0.6 is 0 Å². The first-order chi connectivity index (χ1) is 17.8. The van der Waals surface area contributed by atoms with Gasteiger partial charge in [0.15, 0.2) is 0 Å². The predicted octanol–water partition coefficient (Wildman–Crippen LogP) is 3.14. The zero-order chi connectivity index (χ0) is 25.7. The molecule has 0 aliphatic carbocycles. The monoisotopic (exact) mass is 504 g/mol. The lowest BCUT2D eigenvalue weighted by atomic mass is 9.71. The second kappa shape index (κ2) is 9.02. The van der Waals surface area contributed by atoms with Crippen molar-refractivity contribution < 1.29 is 14.5 Å². The molecule has 0 unspecified atom stereocenters. The fourth-order valence-electron chi connectivity index (χ4n) is 6.43. The molecule has 0 saturated carbocycles. The lowest BCUT2D eigenvalue weighted by Gasteiger charge is -2.63. The summed E-state index contributed by atoms with van der Waals surface area (Å²) in [6.45, 7) is 8.80. The smallest absolute Gasteiger partial charge is 0.328 e. The number of rotatable bonds is 5. The van der Waals surface area contributed by atoms with E-state index in [9.17, 15) is 19.7 Å². The van der Waals surface area contributed by atoms with Gasteiger partial charge in [0, 0.05) is 92.9 Å². The van der Waals surface area contributed by atoms with Crippen molar-refractivity contribution in [2.75, 3.05) is 60.5 Å². The third kappa shape index (κ3) is 4.39. The van der Waals surface area contributed by atoms with Crippen LogP contribution in [0.3, 0.4) is 0 Å². The third-order valence-corrected chi connectivity index (χ3v) is 8.43. The summed E-state index contributed by atoms with van der Waals surface area (Å²) in [4.78, 5) is 43.2. The number of nitro groups is 1. The molecule has 0 aromatic heterocycles. The number of hydrogen-bond donors (Lipinski definition) is 1. The molecule has 0 bridgehead atoms. The second-order valence-electron chi connectivity index (χ2n) is 11.0. The van der Waals surface area contributed by atoms with E-state index in [1.165, 1.54) is 5.69 Å². The van der Waals surface area contributed by atoms with Gasteiger partial charge in [-0.15, -0.1) is 0 Å². The normalized spacial score (nSPS) is 22.0. The maximum atomic E-state index is 12.2. The third-order valence-electron chi connectivity index (χ3n) is 8.43. The van der Waals surface area contributed by atoms with Crippen LogP contribution in [0.2, 0.25) is 0 Å². The highest BCUT2D eigenvalue weighted by atomic mass is 16.6. The zero-order valence-corrected chi connectivity index (χ0v) is 21.1. The van der Waals surface area contributed by atoms with E-state index in [1.807, 2.05) is 25.1 Å². The molecule has 2 aromatic carbocycles. The van der Waals surface area contributed by atoms with Gasteiger partial charge in [0.2, 0.25) is 5.91 Å². The number of likely N-dealkylation sites (tertiary alicyclic amines) is 1. The van der Waals surface area contributed by atoms with Crippen molar-refractivity contribution in [2.24, 2.45) is 5.41 Å². The number of carbonyl (C=O) groups excluding carboxylic acids is 2. The highest BCUT2D eigenvalue weighted by Crippen LogP contribution is 2.44. The van der Waals surface area contributed by atoms with E-state index < -0.39 is 0 Å². The Balaban J connectivity index is 0.985. The maximum Gasteiger partial charge on any atom is 0.328 e. The highest BCUT2D eigenvalue weighted by molar-refractivity contribution is 6.06. The Morgan fingerprint density at radius 2 is 1.59 bits per heavy atom. The van der Waals surface area contributed by atoms with Gasteiger partial charge in [0.1, 0.15) is 0 Å². The Kier molecular flexibility index (Phi) is 5.78. The average Bonchev–Trinajstić information content (AvgIpc) is 2.83. The Bertz CT molecular complexity index is 1230. The van der Waals surface area contributed by atoms with Gasteiger partial charge in [0.05, 0.1) is 4.92 Å². The standard InChI is InChI=1S/C27H32N6O4/c1-19-14-23(6-7-24(19)32-13-10-25(34)28-26(32)35)31-17-27(18-31)15-30(16-27)21-8-11-29(12-9-21)20-2-4-22(5-3-20)33(36)37/h2-7,14,21H,8-13,15-18H2,1H3,(H,28,34,35). The van der Waals surface area contributed by atoms with Crippen molar-refractivity contribution in [3.63, 3.8) is 0 Å². The van der Waals surface area contributed by atoms with Gasteiger partial charge < -0.3 is 9.80 Å². The molecule has 37 heavy (non-hydrogen) atoms. The number of amides is 3. The molecule has 1 N–H and O–H groups in total. The van der Waals surface area contributed by atoms with Crippen LogP contribution in [0.25, 0.3) is 0 Å². The Labute approximate surface area is 216 Å². The van der Waals surface area contributed by atoms with E-state index in [2.05, 4.69) is 32.1 Å². The van der Waals surface area contributed by atoms with Crippen LogP contribution in [-0.2, 0) is 4.79 Å². The van der Waals surface area contributed by atoms with E-state index in [0.29, 0.717) is 24.4 Å². The molecule has 10 heteroatoms. The minimum Gasteiger partial charge on any atom is -0.371 e. The molecular formula is C27H32N6O4. The maximum absolute atomic E-state index is 12.2. The molecule has 4 fully saturated rings. The lowest BCUT2D eigenvalue weighted by molar-refractivity contribution is -0.384. The molecular weight excluding hydrogens is 472 g/mol. The molecule has 1 spiro atoms. The van der Waals surface area contributed by atoms with Crippen LogP contribution in [0.1, 0.15) is 24.8 Å². The molecule has 6 rings (SSSR count). The van der Waals surface area contributed by atoms with Crippen molar-refractivity contribution in [2.45, 2.75) is 32.2 Å². The molecule has 194 valence electrons. The van der Waals surface area contributed by atoms with Crippen molar-refractivity contribution in [1.29, 1.82) is 0 Å². The van der Waals surface area contributed by atoms with Crippen LogP contribution in [0.4, 0.5) is 27.5 Å². The minimum atomic E-state index is -0.354. The molecule has 4 aliphatic heterocycles. The van der Waals surface area contributed by atoms with Gasteiger partial charge >= 0.3 is 6.03 Å².